The van der Waals surface area contributed by atoms with Crippen molar-refractivity contribution in [1.29, 1.82) is 0 Å². The fraction of sp³-hybridized carbons (Fsp3) is 0.500. The van der Waals surface area contributed by atoms with Gasteiger partial charge in [-0.1, -0.05) is 12.1 Å². The number of carboxylic acids is 1. The summed E-state index contributed by atoms with van der Waals surface area (Å²) in [5, 5.41) is 14.1. The van der Waals surface area contributed by atoms with E-state index >= 15 is 0 Å². The Kier molecular flexibility index (Phi) is 3.66. The van der Waals surface area contributed by atoms with Gasteiger partial charge in [-0.15, -0.1) is 0 Å². The molecule has 2 bridgehead atoms. The molecule has 4 nitrogen and oxygen atoms in total. The number of rotatable bonds is 4. The number of nitrogens with one attached hydrogen (secondary N) is 1. The second-order valence-electron chi connectivity index (χ2n) is 6.05. The van der Waals surface area contributed by atoms with Gasteiger partial charge in [0.05, 0.1) is 0 Å². The molecular weight excluding hydrogens is 273 g/mol. The molecule has 1 N–H and O–H groups in total. The van der Waals surface area contributed by atoms with Crippen molar-refractivity contribution in [1.82, 2.24) is 5.32 Å². The van der Waals surface area contributed by atoms with E-state index in [4.69, 9.17) is 0 Å². The van der Waals surface area contributed by atoms with Gasteiger partial charge < -0.3 is 15.2 Å². The molecule has 2 aliphatic rings. The third kappa shape index (κ3) is 2.64. The maximum atomic E-state index is 12.8. The first-order chi connectivity index (χ1) is 10.1. The summed E-state index contributed by atoms with van der Waals surface area (Å²) < 4.78 is 12.8. The Bertz CT molecular complexity index is 557. The fourth-order valence-corrected chi connectivity index (χ4v) is 3.92. The quantitative estimate of drug-likeness (QED) is 0.894. The van der Waals surface area contributed by atoms with Crippen molar-refractivity contribution in [2.45, 2.75) is 25.8 Å². The highest BCUT2D eigenvalue weighted by atomic mass is 19.1. The summed E-state index contributed by atoms with van der Waals surface area (Å²) in [5.41, 5.74) is 0.790. The van der Waals surface area contributed by atoms with Crippen LogP contribution >= 0.6 is 0 Å². The van der Waals surface area contributed by atoms with Gasteiger partial charge in [0, 0.05) is 24.3 Å². The first kappa shape index (κ1) is 14.0. The molecule has 3 rings (SSSR count). The average Bonchev–Trinajstić information content (AvgIpc) is 3.06. The van der Waals surface area contributed by atoms with Gasteiger partial charge in [0.25, 0.3) is 0 Å². The number of hydrogen-bond acceptors (Lipinski definition) is 3. The standard InChI is InChI=1S/C16H18FNO3/c17-12-5-1-9(2-6-12)8-18-15(19)13-10-3-4-11(7-10)14(13)16(20)21/h1-2,5-6,10-11,13-14H,3-4,7-8H2,(H,18,19)(H,20,21)/p-1/t10-,11+,13-,14+/m1/s1. The molecule has 0 spiro atoms. The summed E-state index contributed by atoms with van der Waals surface area (Å²) in [6, 6.07) is 5.88. The summed E-state index contributed by atoms with van der Waals surface area (Å²) in [7, 11) is 0. The SMILES string of the molecule is O=C(NCc1ccc(F)cc1)[C@@H]1[C@@H]2CC[C@@H](C2)[C@@H]1C(=O)[O-]. The highest BCUT2D eigenvalue weighted by Crippen LogP contribution is 2.52. The van der Waals surface area contributed by atoms with Crippen molar-refractivity contribution in [3.8, 4) is 0 Å². The molecule has 112 valence electrons. The second-order valence-corrected chi connectivity index (χ2v) is 6.05. The summed E-state index contributed by atoms with van der Waals surface area (Å²) in [4.78, 5) is 23.6. The normalized spacial score (nSPS) is 30.3. The molecule has 2 fully saturated rings. The van der Waals surface area contributed by atoms with E-state index < -0.39 is 17.8 Å². The van der Waals surface area contributed by atoms with Gasteiger partial charge in [-0.05, 0) is 48.8 Å². The topological polar surface area (TPSA) is 69.2 Å². The Labute approximate surface area is 122 Å². The number of halogens is 1. The highest BCUT2D eigenvalue weighted by Gasteiger charge is 2.51. The van der Waals surface area contributed by atoms with Crippen molar-refractivity contribution in [2.75, 3.05) is 0 Å². The van der Waals surface area contributed by atoms with Crippen LogP contribution in [0.2, 0.25) is 0 Å². The third-order valence-electron chi connectivity index (χ3n) is 4.87. The minimum atomic E-state index is -1.11. The minimum absolute atomic E-state index is 0.0848. The van der Waals surface area contributed by atoms with Gasteiger partial charge >= 0.3 is 0 Å². The zero-order valence-corrected chi connectivity index (χ0v) is 11.5. The highest BCUT2D eigenvalue weighted by molar-refractivity contribution is 5.85. The maximum absolute atomic E-state index is 12.8. The van der Waals surface area contributed by atoms with Crippen LogP contribution in [0.25, 0.3) is 0 Å². The number of carbonyl (C=O) groups is 2. The Morgan fingerprint density at radius 1 is 1.14 bits per heavy atom. The molecule has 0 saturated heterocycles. The van der Waals surface area contributed by atoms with Crippen molar-refractivity contribution in [2.24, 2.45) is 23.7 Å². The first-order valence-corrected chi connectivity index (χ1v) is 7.29. The monoisotopic (exact) mass is 290 g/mol. The van der Waals surface area contributed by atoms with E-state index in [0.717, 1.165) is 24.8 Å². The molecule has 0 radical (unpaired) electrons. The van der Waals surface area contributed by atoms with E-state index in [1.807, 2.05) is 0 Å². The van der Waals surface area contributed by atoms with Crippen LogP contribution < -0.4 is 10.4 Å². The molecular formula is C16H17FNO3-. The van der Waals surface area contributed by atoms with Crippen LogP contribution in [0.4, 0.5) is 4.39 Å². The number of aliphatic carboxylic acids is 1. The number of hydrogen-bond donors (Lipinski definition) is 1. The van der Waals surface area contributed by atoms with Crippen LogP contribution in [0.15, 0.2) is 24.3 Å². The molecule has 1 amide bonds. The lowest BCUT2D eigenvalue weighted by atomic mass is 9.78. The van der Waals surface area contributed by atoms with Gasteiger partial charge in [0.1, 0.15) is 5.82 Å². The summed E-state index contributed by atoms with van der Waals surface area (Å²) in [5.74, 6) is -2.54. The molecule has 2 saturated carbocycles. The number of carbonyl (C=O) groups excluding carboxylic acids is 2. The molecule has 2 aliphatic carbocycles. The summed E-state index contributed by atoms with van der Waals surface area (Å²) in [6.45, 7) is 0.284. The predicted molar refractivity (Wildman–Crippen MR) is 71.1 cm³/mol. The van der Waals surface area contributed by atoms with E-state index in [-0.39, 0.29) is 30.1 Å². The molecule has 0 aromatic heterocycles. The second kappa shape index (κ2) is 5.47. The van der Waals surface area contributed by atoms with E-state index in [1.54, 1.807) is 12.1 Å². The van der Waals surface area contributed by atoms with E-state index in [1.165, 1.54) is 12.1 Å². The van der Waals surface area contributed by atoms with Gasteiger partial charge in [-0.3, -0.25) is 4.79 Å². The molecule has 5 heteroatoms. The number of amides is 1. The van der Waals surface area contributed by atoms with Gasteiger partial charge in [-0.2, -0.15) is 0 Å². The van der Waals surface area contributed by atoms with Crippen molar-refractivity contribution in [3.63, 3.8) is 0 Å². The average molecular weight is 290 g/mol. The van der Waals surface area contributed by atoms with Crippen molar-refractivity contribution >= 4 is 11.9 Å². The third-order valence-corrected chi connectivity index (χ3v) is 4.87. The minimum Gasteiger partial charge on any atom is -0.550 e. The lowest BCUT2D eigenvalue weighted by molar-refractivity contribution is -0.314. The Balaban J connectivity index is 1.64. The van der Waals surface area contributed by atoms with Gasteiger partial charge in [-0.25, -0.2) is 4.39 Å². The Morgan fingerprint density at radius 3 is 2.38 bits per heavy atom. The van der Waals surface area contributed by atoms with Crippen LogP contribution in [0.5, 0.6) is 0 Å². The largest absolute Gasteiger partial charge is 0.550 e. The molecule has 1 aromatic carbocycles. The van der Waals surface area contributed by atoms with Crippen LogP contribution in [-0.2, 0) is 16.1 Å². The zero-order valence-electron chi connectivity index (χ0n) is 11.5. The van der Waals surface area contributed by atoms with E-state index in [0.29, 0.717) is 0 Å². The Morgan fingerprint density at radius 2 is 1.76 bits per heavy atom. The smallest absolute Gasteiger partial charge is 0.224 e. The number of benzene rings is 1. The fourth-order valence-electron chi connectivity index (χ4n) is 3.92. The molecule has 1 aromatic rings. The van der Waals surface area contributed by atoms with Crippen LogP contribution in [-0.4, -0.2) is 11.9 Å². The van der Waals surface area contributed by atoms with Crippen LogP contribution in [0.3, 0.4) is 0 Å². The van der Waals surface area contributed by atoms with E-state index in [2.05, 4.69) is 5.32 Å². The lowest BCUT2D eigenvalue weighted by Crippen LogP contribution is -2.45. The van der Waals surface area contributed by atoms with Gasteiger partial charge in [0.2, 0.25) is 5.91 Å². The Hall–Kier alpha value is -1.91. The maximum Gasteiger partial charge on any atom is 0.224 e. The van der Waals surface area contributed by atoms with Crippen LogP contribution in [0, 0.1) is 29.5 Å². The lowest BCUT2D eigenvalue weighted by Gasteiger charge is -2.30. The summed E-state index contributed by atoms with van der Waals surface area (Å²) >= 11 is 0. The molecule has 21 heavy (non-hydrogen) atoms. The van der Waals surface area contributed by atoms with Crippen molar-refractivity contribution < 1.29 is 19.1 Å². The number of fused-ring (bicyclic) bond motifs is 2. The van der Waals surface area contributed by atoms with E-state index in [9.17, 15) is 19.1 Å². The molecule has 4 atom stereocenters. The first-order valence-electron chi connectivity index (χ1n) is 7.29. The summed E-state index contributed by atoms with van der Waals surface area (Å²) in [6.07, 6.45) is 2.61. The van der Waals surface area contributed by atoms with Gasteiger partial charge in [0.15, 0.2) is 0 Å². The molecule has 0 heterocycles. The van der Waals surface area contributed by atoms with Crippen LogP contribution in [0.1, 0.15) is 24.8 Å². The number of carboxylic acid groups (broad SMARTS) is 1. The zero-order chi connectivity index (χ0) is 15.0. The van der Waals surface area contributed by atoms with Crippen molar-refractivity contribution in [3.05, 3.63) is 35.6 Å². The molecule has 0 aliphatic heterocycles. The predicted octanol–water partition coefficient (Wildman–Crippen LogP) is 0.854. The molecule has 0 unspecified atom stereocenters.